The molecule has 1 rings (SSSR count). The van der Waals surface area contributed by atoms with Crippen LogP contribution >= 0.6 is 0 Å². The number of hydrogen-bond donors (Lipinski definition) is 1. The number of carbonyl (C=O) groups excluding carboxylic acids is 1. The van der Waals surface area contributed by atoms with Crippen molar-refractivity contribution in [2.24, 2.45) is 5.41 Å². The van der Waals surface area contributed by atoms with E-state index >= 15 is 0 Å². The minimum atomic E-state index is -1.18. The molecule has 0 aromatic heterocycles. The first-order valence-electron chi connectivity index (χ1n) is 4.85. The molecule has 0 aliphatic rings. The summed E-state index contributed by atoms with van der Waals surface area (Å²) < 4.78 is 4.92. The zero-order valence-electron chi connectivity index (χ0n) is 9.23. The largest absolute Gasteiger partial charge is 0.561 e. The fourth-order valence-electron chi connectivity index (χ4n) is 0.964. The molecule has 0 spiro atoms. The molecule has 80 valence electrons. The maximum atomic E-state index is 11.5. The van der Waals surface area contributed by atoms with Gasteiger partial charge in [0.1, 0.15) is 0 Å². The van der Waals surface area contributed by atoms with Crippen LogP contribution in [0.15, 0.2) is 30.3 Å². The van der Waals surface area contributed by atoms with E-state index in [1.807, 2.05) is 6.07 Å². The van der Waals surface area contributed by atoms with Crippen LogP contribution in [-0.4, -0.2) is 18.1 Å². The molecule has 1 N–H and O–H groups in total. The normalized spacial score (nSPS) is 10.9. The van der Waals surface area contributed by atoms with Crippen molar-refractivity contribution in [3.63, 3.8) is 0 Å². The molecule has 0 fully saturated rings. The first-order chi connectivity index (χ1) is 6.91. The lowest BCUT2D eigenvalue weighted by atomic mass is 9.79. The van der Waals surface area contributed by atoms with Crippen molar-refractivity contribution in [1.29, 1.82) is 0 Å². The van der Waals surface area contributed by atoms with Crippen molar-refractivity contribution in [2.75, 3.05) is 0 Å². The van der Waals surface area contributed by atoms with Crippen molar-refractivity contribution >= 4 is 18.6 Å². The van der Waals surface area contributed by atoms with Crippen molar-refractivity contribution in [3.8, 4) is 0 Å². The number of hydrogen-bond acceptors (Lipinski definition) is 3. The minimum Gasteiger partial charge on any atom is -0.505 e. The van der Waals surface area contributed by atoms with Crippen LogP contribution in [-0.2, 0) is 9.45 Å². The first-order valence-corrected chi connectivity index (χ1v) is 4.85. The summed E-state index contributed by atoms with van der Waals surface area (Å²) in [6, 6.07) is 8.82. The highest BCUT2D eigenvalue weighted by atomic mass is 16.6. The van der Waals surface area contributed by atoms with Crippen LogP contribution in [0.25, 0.3) is 0 Å². The summed E-state index contributed by atoms with van der Waals surface area (Å²) in [5.74, 6) is -0.418. The van der Waals surface area contributed by atoms with Crippen molar-refractivity contribution in [3.05, 3.63) is 30.3 Å². The molecule has 0 aliphatic carbocycles. The Morgan fingerprint density at radius 3 is 2.27 bits per heavy atom. The average Bonchev–Trinajstić information content (AvgIpc) is 2.17. The second-order valence-corrected chi connectivity index (χ2v) is 4.42. The number of carbonyl (C=O) groups is 1. The van der Waals surface area contributed by atoms with Gasteiger partial charge in [-0.15, -0.1) is 0 Å². The molecule has 3 nitrogen and oxygen atoms in total. The third-order valence-corrected chi connectivity index (χ3v) is 1.92. The molecule has 0 aliphatic heterocycles. The number of benzene rings is 1. The van der Waals surface area contributed by atoms with Gasteiger partial charge in [-0.3, -0.25) is 4.79 Å². The maximum absolute atomic E-state index is 11.5. The summed E-state index contributed by atoms with van der Waals surface area (Å²) in [6.07, 6.45) is 0. The maximum Gasteiger partial charge on any atom is 0.561 e. The van der Waals surface area contributed by atoms with Gasteiger partial charge in [-0.05, 0) is 26.2 Å². The first kappa shape index (κ1) is 11.8. The van der Waals surface area contributed by atoms with Crippen LogP contribution < -0.4 is 5.46 Å². The Hall–Kier alpha value is -1.29. The van der Waals surface area contributed by atoms with E-state index in [9.17, 15) is 9.82 Å². The molecule has 0 unspecified atom stereocenters. The zero-order chi connectivity index (χ0) is 11.5. The Balaban J connectivity index is 2.65. The highest BCUT2D eigenvalue weighted by Gasteiger charge is 2.29. The molecule has 0 bridgehead atoms. The lowest BCUT2D eigenvalue weighted by Gasteiger charge is -2.18. The zero-order valence-corrected chi connectivity index (χ0v) is 9.23. The lowest BCUT2D eigenvalue weighted by molar-refractivity contribution is -0.144. The Morgan fingerprint density at radius 2 is 1.80 bits per heavy atom. The predicted octanol–water partition coefficient (Wildman–Crippen LogP) is 0.963. The lowest BCUT2D eigenvalue weighted by Crippen LogP contribution is -2.39. The Labute approximate surface area is 90.2 Å². The molecule has 0 atom stereocenters. The van der Waals surface area contributed by atoms with Crippen molar-refractivity contribution < 1.29 is 14.5 Å². The van der Waals surface area contributed by atoms with E-state index in [0.717, 1.165) is 0 Å². The average molecular weight is 206 g/mol. The molecule has 0 radical (unpaired) electrons. The van der Waals surface area contributed by atoms with Crippen molar-refractivity contribution in [1.82, 2.24) is 0 Å². The molecule has 15 heavy (non-hydrogen) atoms. The van der Waals surface area contributed by atoms with Crippen LogP contribution in [0.5, 0.6) is 0 Å². The van der Waals surface area contributed by atoms with E-state index in [-0.39, 0.29) is 0 Å². The highest BCUT2D eigenvalue weighted by Crippen LogP contribution is 2.15. The summed E-state index contributed by atoms with van der Waals surface area (Å²) in [7, 11) is -1.18. The minimum absolute atomic E-state index is 0.418. The van der Waals surface area contributed by atoms with Crippen LogP contribution in [0.2, 0.25) is 0 Å². The van der Waals surface area contributed by atoms with Gasteiger partial charge >= 0.3 is 7.12 Å². The number of rotatable bonds is 2. The predicted molar refractivity (Wildman–Crippen MR) is 59.6 cm³/mol. The molecule has 0 saturated carbocycles. The fourth-order valence-corrected chi connectivity index (χ4v) is 0.964. The van der Waals surface area contributed by atoms with Gasteiger partial charge in [0.2, 0.25) is 0 Å². The van der Waals surface area contributed by atoms with Gasteiger partial charge in [-0.25, -0.2) is 0 Å². The summed E-state index contributed by atoms with van der Waals surface area (Å²) in [4.78, 5) is 11.5. The summed E-state index contributed by atoms with van der Waals surface area (Å²) in [6.45, 7) is 5.23. The van der Waals surface area contributed by atoms with E-state index in [1.165, 1.54) is 0 Å². The second kappa shape index (κ2) is 4.49. The van der Waals surface area contributed by atoms with E-state index in [2.05, 4.69) is 0 Å². The Bertz CT molecular complexity index is 329. The SMILES string of the molecule is CC(C)(C)C(=O)OB(O)c1ccccc1. The Kier molecular flexibility index (Phi) is 3.53. The standard InChI is InChI=1S/C11H15BO3/c1-11(2,3)10(13)15-12(14)9-7-5-4-6-8-9/h4-8,14H,1-3H3. The molecule has 1 aromatic rings. The topological polar surface area (TPSA) is 46.5 Å². The summed E-state index contributed by atoms with van der Waals surface area (Å²) >= 11 is 0. The van der Waals surface area contributed by atoms with Gasteiger partial charge in [0, 0.05) is 0 Å². The van der Waals surface area contributed by atoms with Crippen molar-refractivity contribution in [2.45, 2.75) is 20.8 Å². The third kappa shape index (κ3) is 3.40. The van der Waals surface area contributed by atoms with Gasteiger partial charge in [-0.2, -0.15) is 0 Å². The summed E-state index contributed by atoms with van der Waals surface area (Å²) in [5, 5.41) is 9.61. The monoisotopic (exact) mass is 206 g/mol. The quantitative estimate of drug-likeness (QED) is 0.733. The van der Waals surface area contributed by atoms with Gasteiger partial charge in [0.05, 0.1) is 5.41 Å². The van der Waals surface area contributed by atoms with Crippen LogP contribution in [0.3, 0.4) is 0 Å². The van der Waals surface area contributed by atoms with E-state index < -0.39 is 18.5 Å². The molecular weight excluding hydrogens is 191 g/mol. The summed E-state index contributed by atoms with van der Waals surface area (Å²) in [5.41, 5.74) is -0.0226. The fraction of sp³-hybridized carbons (Fsp3) is 0.364. The van der Waals surface area contributed by atoms with E-state index in [0.29, 0.717) is 5.46 Å². The third-order valence-electron chi connectivity index (χ3n) is 1.92. The highest BCUT2D eigenvalue weighted by molar-refractivity contribution is 6.61. The van der Waals surface area contributed by atoms with E-state index in [1.54, 1.807) is 45.0 Å². The smallest absolute Gasteiger partial charge is 0.505 e. The van der Waals surface area contributed by atoms with Crippen LogP contribution in [0.4, 0.5) is 0 Å². The molecule has 0 saturated heterocycles. The van der Waals surface area contributed by atoms with Crippen LogP contribution in [0, 0.1) is 5.41 Å². The van der Waals surface area contributed by atoms with Gasteiger partial charge < -0.3 is 9.68 Å². The van der Waals surface area contributed by atoms with Gasteiger partial charge in [0.15, 0.2) is 0 Å². The van der Waals surface area contributed by atoms with Crippen LogP contribution in [0.1, 0.15) is 20.8 Å². The van der Waals surface area contributed by atoms with Gasteiger partial charge in [0.25, 0.3) is 5.97 Å². The molecule has 0 heterocycles. The molecular formula is C11H15BO3. The molecule has 1 aromatic carbocycles. The van der Waals surface area contributed by atoms with Gasteiger partial charge in [-0.1, -0.05) is 30.3 Å². The Morgan fingerprint density at radius 1 is 1.27 bits per heavy atom. The van der Waals surface area contributed by atoms with E-state index in [4.69, 9.17) is 4.65 Å². The second-order valence-electron chi connectivity index (χ2n) is 4.42. The molecule has 0 amide bonds. The molecule has 4 heteroatoms.